The van der Waals surface area contributed by atoms with E-state index in [0.29, 0.717) is 0 Å². The van der Waals surface area contributed by atoms with Gasteiger partial charge in [-0.05, 0) is 43.4 Å². The van der Waals surface area contributed by atoms with Gasteiger partial charge in [0.15, 0.2) is 5.82 Å². The van der Waals surface area contributed by atoms with Crippen LogP contribution in [-0.2, 0) is 24.7 Å². The fourth-order valence-corrected chi connectivity index (χ4v) is 3.11. The van der Waals surface area contributed by atoms with Gasteiger partial charge in [0.1, 0.15) is 5.82 Å². The van der Waals surface area contributed by atoms with Crippen LogP contribution in [0.3, 0.4) is 0 Å². The molecule has 0 saturated carbocycles. The minimum atomic E-state index is 0.749. The molecule has 1 aliphatic rings. The van der Waals surface area contributed by atoms with Gasteiger partial charge in [-0.3, -0.25) is 0 Å². The van der Waals surface area contributed by atoms with Crippen LogP contribution in [0.2, 0.25) is 0 Å². The predicted octanol–water partition coefficient (Wildman–Crippen LogP) is 3.35. The number of aryl methyl sites for hydroxylation is 2. The van der Waals surface area contributed by atoms with E-state index in [1.807, 2.05) is 0 Å². The van der Waals surface area contributed by atoms with Crippen LogP contribution in [0.5, 0.6) is 0 Å². The normalized spacial score (nSPS) is 13.9. The Morgan fingerprint density at radius 3 is 2.83 bits per heavy atom. The zero-order valence-corrected chi connectivity index (χ0v) is 12.1. The van der Waals surface area contributed by atoms with Crippen molar-refractivity contribution >= 4 is 15.9 Å². The maximum absolute atomic E-state index is 4.34. The van der Waals surface area contributed by atoms with Crippen molar-refractivity contribution < 1.29 is 0 Å². The van der Waals surface area contributed by atoms with Crippen molar-refractivity contribution in [1.29, 1.82) is 0 Å². The molecule has 3 nitrogen and oxygen atoms in total. The summed E-state index contributed by atoms with van der Waals surface area (Å²) in [6.45, 7) is 3.03. The van der Waals surface area contributed by atoms with Crippen LogP contribution in [0.4, 0.5) is 0 Å². The van der Waals surface area contributed by atoms with E-state index in [1.54, 1.807) is 0 Å². The summed E-state index contributed by atoms with van der Waals surface area (Å²) in [5.41, 5.74) is 4.18. The quantitative estimate of drug-likeness (QED) is 0.814. The van der Waals surface area contributed by atoms with Crippen LogP contribution >= 0.6 is 15.9 Å². The second-order valence-electron chi connectivity index (χ2n) is 4.65. The highest BCUT2D eigenvalue weighted by Crippen LogP contribution is 2.27. The van der Waals surface area contributed by atoms with Gasteiger partial charge >= 0.3 is 0 Å². The summed E-state index contributed by atoms with van der Waals surface area (Å²) in [6, 6.07) is 6.72. The summed E-state index contributed by atoms with van der Waals surface area (Å²) in [6.07, 6.45) is 3.71. The van der Waals surface area contributed by atoms with E-state index in [4.69, 9.17) is 0 Å². The van der Waals surface area contributed by atoms with Gasteiger partial charge in [-0.1, -0.05) is 28.1 Å². The first-order valence-corrected chi connectivity index (χ1v) is 7.56. The third kappa shape index (κ3) is 1.88. The van der Waals surface area contributed by atoms with E-state index in [1.165, 1.54) is 36.0 Å². The van der Waals surface area contributed by atoms with Crippen molar-refractivity contribution in [3.63, 3.8) is 0 Å². The average Bonchev–Trinajstić information content (AvgIpc) is 3.03. The highest BCUT2D eigenvalue weighted by Gasteiger charge is 2.15. The van der Waals surface area contributed by atoms with E-state index in [0.717, 1.165) is 23.5 Å². The third-order valence-corrected chi connectivity index (χ3v) is 4.12. The molecule has 1 heterocycles. The molecular formula is C14H16BrN3. The zero-order chi connectivity index (χ0) is 12.5. The molecule has 0 fully saturated rings. The summed E-state index contributed by atoms with van der Waals surface area (Å²) < 4.78 is 2.17. The lowest BCUT2D eigenvalue weighted by Crippen LogP contribution is -2.02. The molecule has 4 heteroatoms. The van der Waals surface area contributed by atoms with E-state index in [-0.39, 0.29) is 0 Å². The second-order valence-corrected chi connectivity index (χ2v) is 5.22. The van der Waals surface area contributed by atoms with Gasteiger partial charge in [0.25, 0.3) is 0 Å². The molecule has 0 radical (unpaired) electrons. The van der Waals surface area contributed by atoms with Crippen molar-refractivity contribution in [1.82, 2.24) is 14.8 Å². The Bertz CT molecular complexity index is 574. The molecule has 0 saturated heterocycles. The van der Waals surface area contributed by atoms with Crippen LogP contribution in [0.15, 0.2) is 18.2 Å². The Kier molecular flexibility index (Phi) is 3.20. The van der Waals surface area contributed by atoms with Gasteiger partial charge in [-0.15, -0.1) is 10.2 Å². The predicted molar refractivity (Wildman–Crippen MR) is 75.8 cm³/mol. The number of alkyl halides is 1. The number of hydrogen-bond acceptors (Lipinski definition) is 2. The van der Waals surface area contributed by atoms with E-state index < -0.39 is 0 Å². The number of fused-ring (bicyclic) bond motifs is 1. The minimum absolute atomic E-state index is 0.749. The van der Waals surface area contributed by atoms with Crippen LogP contribution in [0.1, 0.15) is 30.3 Å². The second kappa shape index (κ2) is 4.84. The van der Waals surface area contributed by atoms with Crippen molar-refractivity contribution in [2.75, 3.05) is 0 Å². The van der Waals surface area contributed by atoms with E-state index >= 15 is 0 Å². The largest absolute Gasteiger partial charge is 0.311 e. The Labute approximate surface area is 115 Å². The number of rotatable bonds is 3. The number of benzene rings is 1. The monoisotopic (exact) mass is 305 g/mol. The minimum Gasteiger partial charge on any atom is -0.311 e. The Hall–Kier alpha value is -1.16. The van der Waals surface area contributed by atoms with Gasteiger partial charge in [0, 0.05) is 12.1 Å². The topological polar surface area (TPSA) is 30.7 Å². The maximum atomic E-state index is 4.34. The highest BCUT2D eigenvalue weighted by molar-refractivity contribution is 9.08. The SMILES string of the molecule is CCn1c(CBr)nnc1-c1ccc2c(c1)CCC2. The van der Waals surface area contributed by atoms with Crippen molar-refractivity contribution in [2.24, 2.45) is 0 Å². The molecule has 1 aliphatic carbocycles. The van der Waals surface area contributed by atoms with E-state index in [9.17, 15) is 0 Å². The maximum Gasteiger partial charge on any atom is 0.163 e. The van der Waals surface area contributed by atoms with Crippen LogP contribution in [-0.4, -0.2) is 14.8 Å². The molecule has 18 heavy (non-hydrogen) atoms. The molecule has 2 aromatic rings. The van der Waals surface area contributed by atoms with Crippen LogP contribution in [0, 0.1) is 0 Å². The Balaban J connectivity index is 2.07. The Morgan fingerprint density at radius 1 is 1.22 bits per heavy atom. The number of halogens is 1. The van der Waals surface area contributed by atoms with Crippen molar-refractivity contribution in [3.8, 4) is 11.4 Å². The summed E-state index contributed by atoms with van der Waals surface area (Å²) >= 11 is 3.46. The molecule has 0 aliphatic heterocycles. The van der Waals surface area contributed by atoms with E-state index in [2.05, 4.69) is 55.8 Å². The van der Waals surface area contributed by atoms with Gasteiger partial charge in [0.05, 0.1) is 5.33 Å². The number of aromatic nitrogens is 3. The summed E-state index contributed by atoms with van der Waals surface area (Å²) in [5, 5.41) is 9.33. The van der Waals surface area contributed by atoms with Crippen LogP contribution in [0.25, 0.3) is 11.4 Å². The molecule has 0 unspecified atom stereocenters. The number of nitrogens with zero attached hydrogens (tertiary/aromatic N) is 3. The molecule has 0 atom stereocenters. The third-order valence-electron chi connectivity index (χ3n) is 3.62. The van der Waals surface area contributed by atoms with Gasteiger partial charge in [-0.25, -0.2) is 0 Å². The summed E-state index contributed by atoms with van der Waals surface area (Å²) in [7, 11) is 0. The molecule has 1 aromatic heterocycles. The smallest absolute Gasteiger partial charge is 0.163 e. The number of hydrogen-bond donors (Lipinski definition) is 0. The van der Waals surface area contributed by atoms with Gasteiger partial charge in [-0.2, -0.15) is 0 Å². The first-order chi connectivity index (χ1) is 8.83. The lowest BCUT2D eigenvalue weighted by Gasteiger charge is -2.07. The summed E-state index contributed by atoms with van der Waals surface area (Å²) in [4.78, 5) is 0. The molecule has 0 spiro atoms. The fourth-order valence-electron chi connectivity index (χ4n) is 2.69. The molecule has 0 bridgehead atoms. The molecule has 0 N–H and O–H groups in total. The van der Waals surface area contributed by atoms with Crippen molar-refractivity contribution in [3.05, 3.63) is 35.2 Å². The zero-order valence-electron chi connectivity index (χ0n) is 10.5. The molecule has 1 aromatic carbocycles. The summed E-state index contributed by atoms with van der Waals surface area (Å²) in [5.74, 6) is 1.98. The van der Waals surface area contributed by atoms with Gasteiger partial charge < -0.3 is 4.57 Å². The fraction of sp³-hybridized carbons (Fsp3) is 0.429. The average molecular weight is 306 g/mol. The highest BCUT2D eigenvalue weighted by atomic mass is 79.9. The molecular weight excluding hydrogens is 290 g/mol. The lowest BCUT2D eigenvalue weighted by atomic mass is 10.1. The Morgan fingerprint density at radius 2 is 2.06 bits per heavy atom. The first kappa shape index (κ1) is 11.9. The molecule has 94 valence electrons. The molecule has 3 rings (SSSR count). The van der Waals surface area contributed by atoms with Crippen LogP contribution < -0.4 is 0 Å². The standard InChI is InChI=1S/C14H16BrN3/c1-2-18-13(9-15)16-17-14(18)12-7-6-10-4-3-5-11(10)8-12/h6-8H,2-5,9H2,1H3. The lowest BCUT2D eigenvalue weighted by molar-refractivity contribution is 0.733. The molecule has 0 amide bonds. The van der Waals surface area contributed by atoms with Gasteiger partial charge in [0.2, 0.25) is 0 Å². The van der Waals surface area contributed by atoms with Crippen molar-refractivity contribution in [2.45, 2.75) is 38.1 Å². The first-order valence-electron chi connectivity index (χ1n) is 6.43.